The minimum atomic E-state index is -0.485. The van der Waals surface area contributed by atoms with Crippen molar-refractivity contribution in [3.05, 3.63) is 58.1 Å². The van der Waals surface area contributed by atoms with Crippen LogP contribution >= 0.6 is 23.2 Å². The molecule has 2 aromatic rings. The Bertz CT molecular complexity index is 716. The van der Waals surface area contributed by atoms with Crippen molar-refractivity contribution in [1.82, 2.24) is 0 Å². The van der Waals surface area contributed by atoms with Crippen molar-refractivity contribution >= 4 is 35.0 Å². The maximum atomic E-state index is 11.7. The Morgan fingerprint density at radius 2 is 1.83 bits per heavy atom. The van der Waals surface area contributed by atoms with Crippen molar-refractivity contribution in [2.75, 3.05) is 18.1 Å². The summed E-state index contributed by atoms with van der Waals surface area (Å²) in [5.74, 6) is 0.654. The van der Waals surface area contributed by atoms with E-state index in [0.717, 1.165) is 5.56 Å². The first-order chi connectivity index (χ1) is 11.5. The summed E-state index contributed by atoms with van der Waals surface area (Å²) >= 11 is 11.9. The van der Waals surface area contributed by atoms with Crippen LogP contribution in [0.5, 0.6) is 5.75 Å². The van der Waals surface area contributed by atoms with Gasteiger partial charge in [0, 0.05) is 15.7 Å². The number of cyclic esters (lactones) is 1. The predicted molar refractivity (Wildman–Crippen MR) is 91.9 cm³/mol. The quantitative estimate of drug-likeness (QED) is 0.870. The number of anilines is 1. The molecule has 0 saturated carbocycles. The number of benzene rings is 2. The van der Waals surface area contributed by atoms with Crippen molar-refractivity contribution < 1.29 is 19.4 Å². The second kappa shape index (κ2) is 7.30. The van der Waals surface area contributed by atoms with Crippen molar-refractivity contribution in [2.45, 2.75) is 12.7 Å². The lowest BCUT2D eigenvalue weighted by Crippen LogP contribution is -2.25. The molecule has 5 nitrogen and oxygen atoms in total. The van der Waals surface area contributed by atoms with Gasteiger partial charge < -0.3 is 14.6 Å². The number of hydrogen-bond donors (Lipinski definition) is 1. The van der Waals surface area contributed by atoms with Crippen LogP contribution in [0, 0.1) is 0 Å². The third kappa shape index (κ3) is 3.93. The number of carbonyl (C=O) groups excluding carboxylic acids is 1. The first-order valence-electron chi connectivity index (χ1n) is 7.32. The van der Waals surface area contributed by atoms with Gasteiger partial charge in [-0.15, -0.1) is 0 Å². The van der Waals surface area contributed by atoms with E-state index in [2.05, 4.69) is 0 Å². The van der Waals surface area contributed by atoms with E-state index in [1.807, 2.05) is 0 Å². The average Bonchev–Trinajstić information content (AvgIpc) is 2.94. The van der Waals surface area contributed by atoms with Gasteiger partial charge in [0.05, 0.1) is 13.2 Å². The molecule has 1 heterocycles. The van der Waals surface area contributed by atoms with Gasteiger partial charge in [-0.3, -0.25) is 4.90 Å². The molecule has 1 amide bonds. The highest BCUT2D eigenvalue weighted by atomic mass is 35.5. The highest BCUT2D eigenvalue weighted by Crippen LogP contribution is 2.25. The highest BCUT2D eigenvalue weighted by Gasteiger charge is 2.31. The summed E-state index contributed by atoms with van der Waals surface area (Å²) in [5, 5.41) is 10.2. The molecule has 0 aliphatic carbocycles. The molecule has 0 radical (unpaired) electrons. The Morgan fingerprint density at radius 1 is 1.17 bits per heavy atom. The molecule has 1 fully saturated rings. The SMILES string of the molecule is O=C1OC(CO)CN1c1ccc(OCc2cc(Cl)cc(Cl)c2)cc1. The Morgan fingerprint density at radius 3 is 2.42 bits per heavy atom. The summed E-state index contributed by atoms with van der Waals surface area (Å²) in [7, 11) is 0. The molecule has 1 aliphatic rings. The molecular formula is C17H15Cl2NO4. The van der Waals surface area contributed by atoms with Crippen molar-refractivity contribution in [3.63, 3.8) is 0 Å². The molecule has 3 rings (SSSR count). The lowest BCUT2D eigenvalue weighted by molar-refractivity contribution is 0.0963. The molecule has 126 valence electrons. The fourth-order valence-electron chi connectivity index (χ4n) is 2.41. The highest BCUT2D eigenvalue weighted by molar-refractivity contribution is 6.34. The molecule has 1 aliphatic heterocycles. The van der Waals surface area contributed by atoms with Gasteiger partial charge in [-0.2, -0.15) is 0 Å². The molecule has 1 saturated heterocycles. The molecule has 1 N–H and O–H groups in total. The molecule has 0 spiro atoms. The standard InChI is InChI=1S/C17H15Cl2NO4/c18-12-5-11(6-13(19)7-12)10-23-15-3-1-14(2-4-15)20-8-16(9-21)24-17(20)22/h1-7,16,21H,8-10H2. The van der Waals surface area contributed by atoms with Crippen molar-refractivity contribution in [3.8, 4) is 5.75 Å². The van der Waals surface area contributed by atoms with Crippen LogP contribution in [0.2, 0.25) is 10.0 Å². The summed E-state index contributed by atoms with van der Waals surface area (Å²) in [6.45, 7) is 0.472. The van der Waals surface area contributed by atoms with Gasteiger partial charge in [-0.05, 0) is 48.0 Å². The predicted octanol–water partition coefficient (Wildman–Crippen LogP) is 3.89. The fourth-order valence-corrected chi connectivity index (χ4v) is 2.98. The number of hydrogen-bond acceptors (Lipinski definition) is 4. The van der Waals surface area contributed by atoms with E-state index in [4.69, 9.17) is 37.8 Å². The van der Waals surface area contributed by atoms with Gasteiger partial charge in [-0.1, -0.05) is 23.2 Å². The largest absolute Gasteiger partial charge is 0.489 e. The van der Waals surface area contributed by atoms with Gasteiger partial charge >= 0.3 is 6.09 Å². The van der Waals surface area contributed by atoms with Gasteiger partial charge in [0.1, 0.15) is 18.5 Å². The summed E-state index contributed by atoms with van der Waals surface area (Å²) in [4.78, 5) is 13.2. The number of rotatable bonds is 5. The summed E-state index contributed by atoms with van der Waals surface area (Å²) in [5.41, 5.74) is 1.56. The van der Waals surface area contributed by atoms with Crippen LogP contribution in [0.15, 0.2) is 42.5 Å². The van der Waals surface area contributed by atoms with Crippen LogP contribution in [0.1, 0.15) is 5.56 Å². The second-order valence-corrected chi connectivity index (χ2v) is 6.23. The first kappa shape index (κ1) is 16.9. The van der Waals surface area contributed by atoms with Crippen molar-refractivity contribution in [2.24, 2.45) is 0 Å². The molecule has 1 unspecified atom stereocenters. The first-order valence-corrected chi connectivity index (χ1v) is 8.07. The molecular weight excluding hydrogens is 353 g/mol. The Hall–Kier alpha value is -1.95. The van der Waals surface area contributed by atoms with Crippen LogP contribution in [0.25, 0.3) is 0 Å². The number of aliphatic hydroxyl groups excluding tert-OH is 1. The summed E-state index contributed by atoms with van der Waals surface area (Å²) in [6.07, 6.45) is -0.947. The molecule has 24 heavy (non-hydrogen) atoms. The normalized spacial score (nSPS) is 17.0. The van der Waals surface area contributed by atoms with Crippen molar-refractivity contribution in [1.29, 1.82) is 0 Å². The lowest BCUT2D eigenvalue weighted by Gasteiger charge is -2.14. The maximum Gasteiger partial charge on any atom is 0.414 e. The zero-order valence-corrected chi connectivity index (χ0v) is 14.1. The molecule has 0 aromatic heterocycles. The average molecular weight is 368 g/mol. The van der Waals surface area contributed by atoms with Crippen LogP contribution in [-0.4, -0.2) is 30.5 Å². The Balaban J connectivity index is 1.63. The number of amides is 1. The minimum absolute atomic E-state index is 0.189. The number of carbonyl (C=O) groups is 1. The van der Waals surface area contributed by atoms with Gasteiger partial charge in [0.25, 0.3) is 0 Å². The lowest BCUT2D eigenvalue weighted by atomic mass is 10.2. The van der Waals surface area contributed by atoms with E-state index in [9.17, 15) is 4.79 Å². The minimum Gasteiger partial charge on any atom is -0.489 e. The third-order valence-electron chi connectivity index (χ3n) is 3.55. The van der Waals surface area contributed by atoms with Gasteiger partial charge in [0.2, 0.25) is 0 Å². The molecule has 1 atom stereocenters. The van der Waals surface area contributed by atoms with Gasteiger partial charge in [0.15, 0.2) is 0 Å². The van der Waals surface area contributed by atoms with E-state index in [1.54, 1.807) is 42.5 Å². The number of halogens is 2. The van der Waals surface area contributed by atoms with E-state index in [1.165, 1.54) is 4.90 Å². The maximum absolute atomic E-state index is 11.7. The zero-order chi connectivity index (χ0) is 17.1. The summed E-state index contributed by atoms with van der Waals surface area (Å²) in [6, 6.07) is 12.3. The zero-order valence-electron chi connectivity index (χ0n) is 12.6. The molecule has 0 bridgehead atoms. The number of aliphatic hydroxyl groups is 1. The van der Waals surface area contributed by atoms with Gasteiger partial charge in [-0.25, -0.2) is 4.79 Å². The van der Waals surface area contributed by atoms with Crippen LogP contribution in [0.3, 0.4) is 0 Å². The van der Waals surface area contributed by atoms with E-state index in [-0.39, 0.29) is 6.61 Å². The second-order valence-electron chi connectivity index (χ2n) is 5.36. The van der Waals surface area contributed by atoms with Crippen LogP contribution in [-0.2, 0) is 11.3 Å². The van der Waals surface area contributed by atoms with E-state index in [0.29, 0.717) is 34.6 Å². The molecule has 7 heteroatoms. The summed E-state index contributed by atoms with van der Waals surface area (Å²) < 4.78 is 10.7. The smallest absolute Gasteiger partial charge is 0.414 e. The Labute approximate surface area is 149 Å². The monoisotopic (exact) mass is 367 g/mol. The van der Waals surface area contributed by atoms with E-state index >= 15 is 0 Å². The number of ether oxygens (including phenoxy) is 2. The third-order valence-corrected chi connectivity index (χ3v) is 3.99. The molecule has 2 aromatic carbocycles. The van der Waals surface area contributed by atoms with E-state index < -0.39 is 12.2 Å². The topological polar surface area (TPSA) is 59.0 Å². The number of nitrogens with zero attached hydrogens (tertiary/aromatic N) is 1. The van der Waals surface area contributed by atoms with Crippen LogP contribution in [0.4, 0.5) is 10.5 Å². The van der Waals surface area contributed by atoms with Crippen LogP contribution < -0.4 is 9.64 Å². The fraction of sp³-hybridized carbons (Fsp3) is 0.235. The Kier molecular flexibility index (Phi) is 5.14.